The molecule has 0 bridgehead atoms. The van der Waals surface area contributed by atoms with E-state index in [1.807, 2.05) is 0 Å². The van der Waals surface area contributed by atoms with Crippen LogP contribution in [0, 0.1) is 6.92 Å². The number of alkyl halides is 2. The Kier molecular flexibility index (Phi) is 7.75. The Morgan fingerprint density at radius 1 is 0.795 bits per heavy atom. The van der Waals surface area contributed by atoms with Crippen LogP contribution < -0.4 is 5.73 Å². The number of rotatable bonds is 2. The number of ether oxygens (including phenoxy) is 2. The molecule has 44 heavy (non-hydrogen) atoms. The third-order valence-electron chi connectivity index (χ3n) is 7.32. The van der Waals surface area contributed by atoms with Gasteiger partial charge in [0.25, 0.3) is 0 Å². The molecule has 23 heteroatoms. The van der Waals surface area contributed by atoms with E-state index in [4.69, 9.17) is 56.9 Å². The van der Waals surface area contributed by atoms with Crippen LogP contribution in [0.25, 0.3) is 22.3 Å². The van der Waals surface area contributed by atoms with Crippen molar-refractivity contribution in [2.24, 2.45) is 0 Å². The number of hydrogen-bond acceptors (Lipinski definition) is 15. The third-order valence-corrected chi connectivity index (χ3v) is 10.4. The zero-order valence-electron chi connectivity index (χ0n) is 22.3. The number of anilines is 1. The molecule has 0 spiro atoms. The molecule has 0 aliphatic carbocycles. The molecule has 236 valence electrons. The summed E-state index contributed by atoms with van der Waals surface area (Å²) in [6.45, 7) is -7.89. The van der Waals surface area contributed by atoms with E-state index in [0.717, 1.165) is 0 Å². The van der Waals surface area contributed by atoms with E-state index in [1.165, 1.54) is 34.4 Å². The van der Waals surface area contributed by atoms with E-state index < -0.39 is 75.9 Å². The monoisotopic (exact) mass is 693 g/mol. The van der Waals surface area contributed by atoms with Crippen LogP contribution in [0.1, 0.15) is 18.1 Å². The fourth-order valence-electron chi connectivity index (χ4n) is 5.27. The minimum Gasteiger partial charge on any atom is -0.382 e. The van der Waals surface area contributed by atoms with Gasteiger partial charge in [-0.05, 0) is 30.5 Å². The minimum absolute atomic E-state index is 0.0661. The van der Waals surface area contributed by atoms with Crippen molar-refractivity contribution in [3.8, 4) is 0 Å². The Balaban J connectivity index is 1.17. The molecule has 0 aromatic carbocycles. The zero-order valence-corrected chi connectivity index (χ0v) is 25.7. The number of aromatic nitrogens is 8. The predicted molar refractivity (Wildman–Crippen MR) is 152 cm³/mol. The van der Waals surface area contributed by atoms with Crippen molar-refractivity contribution < 1.29 is 46.1 Å². The lowest BCUT2D eigenvalue weighted by molar-refractivity contribution is -0.0583. The normalized spacial score (nSPS) is 38.3. The number of nitrogens with two attached hydrogens (primary N) is 1. The van der Waals surface area contributed by atoms with Gasteiger partial charge < -0.3 is 34.0 Å². The molecule has 10 atom stereocenters. The first-order valence-electron chi connectivity index (χ1n) is 12.9. The molecule has 3 fully saturated rings. The molecule has 0 radical (unpaired) electrons. The summed E-state index contributed by atoms with van der Waals surface area (Å²) in [7, 11) is 0. The molecular formula is C21H23F2N9O8P2S2. The number of hydrogen-bond donors (Lipinski definition) is 3. The molecule has 17 nitrogen and oxygen atoms in total. The summed E-state index contributed by atoms with van der Waals surface area (Å²) >= 11 is 10.3. The van der Waals surface area contributed by atoms with Crippen LogP contribution in [0.5, 0.6) is 0 Å². The number of halogens is 2. The molecule has 3 aliphatic heterocycles. The highest BCUT2D eigenvalue weighted by molar-refractivity contribution is 8.07. The molecule has 0 saturated carbocycles. The fraction of sp³-hybridized carbons (Fsp3) is 0.524. The quantitative estimate of drug-likeness (QED) is 0.253. The van der Waals surface area contributed by atoms with E-state index in [2.05, 4.69) is 29.9 Å². The summed E-state index contributed by atoms with van der Waals surface area (Å²) in [6.07, 6.45) is -7.34. The number of nitrogens with zero attached hydrogens (tertiary/aromatic N) is 8. The maximum atomic E-state index is 16.0. The van der Waals surface area contributed by atoms with Gasteiger partial charge in [-0.15, -0.1) is 0 Å². The minimum atomic E-state index is -4.22. The van der Waals surface area contributed by atoms with Crippen molar-refractivity contribution in [3.63, 3.8) is 0 Å². The Morgan fingerprint density at radius 2 is 1.27 bits per heavy atom. The third kappa shape index (κ3) is 5.33. The second-order valence-corrected chi connectivity index (χ2v) is 15.6. The highest BCUT2D eigenvalue weighted by atomic mass is 32.5. The van der Waals surface area contributed by atoms with Crippen LogP contribution in [0.3, 0.4) is 0 Å². The number of aryl methyl sites for hydroxylation is 1. The lowest BCUT2D eigenvalue weighted by Gasteiger charge is -2.29. The van der Waals surface area contributed by atoms with Crippen molar-refractivity contribution >= 4 is 65.2 Å². The molecule has 4 aromatic rings. The SMILES string of the molecule is Cc1ncnc2c1ncn2[C@@H]1O[C@@H]2COP(O)(=S)O[C@H]3[C@H](F)[C@H](n4cnc5c(N)ncnc54)O[C@@H]3COP(O)(=S)O[C@H]2[C@@H]1F. The largest absolute Gasteiger partial charge is 0.382 e. The van der Waals surface area contributed by atoms with Crippen molar-refractivity contribution in [2.75, 3.05) is 18.9 Å². The highest BCUT2D eigenvalue weighted by Crippen LogP contribution is 2.54. The topological polar surface area (TPSA) is 209 Å². The number of imidazole rings is 2. The Bertz CT molecular complexity index is 1710. The average molecular weight is 694 g/mol. The van der Waals surface area contributed by atoms with Crippen LogP contribution in [-0.4, -0.2) is 98.8 Å². The maximum Gasteiger partial charge on any atom is 0.325 e. The molecule has 4 aromatic heterocycles. The average Bonchev–Trinajstić information content (AvgIpc) is 3.73. The summed E-state index contributed by atoms with van der Waals surface area (Å²) in [6, 6.07) is 0. The number of fused-ring (bicyclic) bond motifs is 4. The standard InChI is InChI=1S/C21H23F2N9O8P2S2/c1-8-13-18(27-4-25-8)31(6-29-13)20-11(22)15-9(37-20)2-35-42(34,44)40-16-10(3-36-41(33,43)39-15)38-21(12(16)23)32-7-30-14-17(24)26-5-28-19(14)32/h4-7,9-12,15-16,20-21H,2-3H2,1H3,(H,33,43)(H,34,44)(H2,24,26,28)/t9-,10-,11+,12+,15-,16-,20-,21-,41?,42?/m1/s1. The van der Waals surface area contributed by atoms with Crippen LogP contribution >= 0.6 is 13.4 Å². The van der Waals surface area contributed by atoms with Gasteiger partial charge in [-0.2, -0.15) is 0 Å². The number of nitrogen functional groups attached to an aromatic ring is 1. The zero-order chi connectivity index (χ0) is 31.0. The molecule has 7 rings (SSSR count). The smallest absolute Gasteiger partial charge is 0.325 e. The summed E-state index contributed by atoms with van der Waals surface area (Å²) in [5.74, 6) is 0.0661. The van der Waals surface area contributed by atoms with Gasteiger partial charge in [-0.3, -0.25) is 18.2 Å². The van der Waals surface area contributed by atoms with E-state index in [-0.39, 0.29) is 22.6 Å². The molecule has 7 heterocycles. The summed E-state index contributed by atoms with van der Waals surface area (Å²) in [4.78, 5) is 46.4. The Hall–Kier alpha value is -2.26. The van der Waals surface area contributed by atoms with E-state index in [0.29, 0.717) is 11.2 Å². The first-order chi connectivity index (χ1) is 20.9. The second kappa shape index (κ2) is 11.2. The van der Waals surface area contributed by atoms with Crippen molar-refractivity contribution in [1.29, 1.82) is 0 Å². The molecule has 3 aliphatic rings. The lowest BCUT2D eigenvalue weighted by atomic mass is 10.1. The van der Waals surface area contributed by atoms with Crippen molar-refractivity contribution in [3.05, 3.63) is 31.0 Å². The van der Waals surface area contributed by atoms with E-state index in [9.17, 15) is 9.79 Å². The summed E-state index contributed by atoms with van der Waals surface area (Å²) in [5.41, 5.74) is 7.48. The van der Waals surface area contributed by atoms with Gasteiger partial charge in [0.15, 0.2) is 41.9 Å². The maximum absolute atomic E-state index is 16.0. The van der Waals surface area contributed by atoms with Crippen LogP contribution in [0.15, 0.2) is 25.3 Å². The van der Waals surface area contributed by atoms with E-state index >= 15 is 8.78 Å². The highest BCUT2D eigenvalue weighted by Gasteiger charge is 2.53. The van der Waals surface area contributed by atoms with Gasteiger partial charge in [0, 0.05) is 0 Å². The lowest BCUT2D eigenvalue weighted by Crippen LogP contribution is -2.37. The van der Waals surface area contributed by atoms with Gasteiger partial charge >= 0.3 is 13.4 Å². The fourth-order valence-corrected chi connectivity index (χ4v) is 8.14. The van der Waals surface area contributed by atoms with Gasteiger partial charge in [0.1, 0.15) is 48.1 Å². The Labute approximate surface area is 256 Å². The van der Waals surface area contributed by atoms with Crippen LogP contribution in [-0.2, 0) is 51.2 Å². The predicted octanol–water partition coefficient (Wildman–Crippen LogP) is 1.28. The van der Waals surface area contributed by atoms with Crippen LogP contribution in [0.4, 0.5) is 14.6 Å². The van der Waals surface area contributed by atoms with Gasteiger partial charge in [0.2, 0.25) is 0 Å². The summed E-state index contributed by atoms with van der Waals surface area (Å²) < 4.78 is 68.5. The molecular weight excluding hydrogens is 670 g/mol. The molecule has 3 saturated heterocycles. The van der Waals surface area contributed by atoms with Crippen LogP contribution in [0.2, 0.25) is 0 Å². The molecule has 2 unspecified atom stereocenters. The van der Waals surface area contributed by atoms with Gasteiger partial charge in [-0.1, -0.05) is 0 Å². The Morgan fingerprint density at radius 3 is 1.82 bits per heavy atom. The first-order valence-corrected chi connectivity index (χ1v) is 18.1. The molecule has 0 amide bonds. The summed E-state index contributed by atoms with van der Waals surface area (Å²) in [5, 5.41) is 0. The van der Waals surface area contributed by atoms with Crippen molar-refractivity contribution in [1.82, 2.24) is 39.0 Å². The van der Waals surface area contributed by atoms with Gasteiger partial charge in [0.05, 0.1) is 31.6 Å². The first kappa shape index (κ1) is 30.4. The second-order valence-electron chi connectivity index (χ2n) is 10.1. The van der Waals surface area contributed by atoms with Gasteiger partial charge in [-0.25, -0.2) is 38.7 Å². The van der Waals surface area contributed by atoms with Crippen molar-refractivity contribution in [2.45, 2.75) is 56.1 Å². The molecule has 4 N–H and O–H groups in total. The van der Waals surface area contributed by atoms with E-state index in [1.54, 1.807) is 6.92 Å².